The molecular formula is C13H14N2O3S. The summed E-state index contributed by atoms with van der Waals surface area (Å²) in [5, 5.41) is 6.28. The zero-order valence-corrected chi connectivity index (χ0v) is 11.3. The molecule has 0 saturated heterocycles. The Balaban J connectivity index is 1.81. The number of carbonyl (C=O) groups excluding carboxylic acids is 1. The highest BCUT2D eigenvalue weighted by atomic mass is 32.2. The molecule has 0 saturated carbocycles. The van der Waals surface area contributed by atoms with Crippen LogP contribution in [0, 0.1) is 6.92 Å². The summed E-state index contributed by atoms with van der Waals surface area (Å²) < 4.78 is 16.7. The minimum atomic E-state index is -1.11. The quantitative estimate of drug-likeness (QED) is 0.900. The topological polar surface area (TPSA) is 72.2 Å². The third kappa shape index (κ3) is 3.75. The molecule has 1 aromatic heterocycles. The summed E-state index contributed by atoms with van der Waals surface area (Å²) in [5.41, 5.74) is 0.651. The smallest absolute Gasteiger partial charge is 0.289 e. The van der Waals surface area contributed by atoms with Gasteiger partial charge in [-0.05, 0) is 19.1 Å². The van der Waals surface area contributed by atoms with E-state index in [1.54, 1.807) is 25.1 Å². The lowest BCUT2D eigenvalue weighted by Crippen LogP contribution is -2.27. The van der Waals surface area contributed by atoms with Crippen molar-refractivity contribution in [3.8, 4) is 0 Å². The molecule has 1 heterocycles. The van der Waals surface area contributed by atoms with Crippen LogP contribution in [0.25, 0.3) is 0 Å². The van der Waals surface area contributed by atoms with Crippen LogP contribution in [-0.4, -0.2) is 27.6 Å². The van der Waals surface area contributed by atoms with Gasteiger partial charge in [-0.2, -0.15) is 0 Å². The molecule has 1 aromatic carbocycles. The van der Waals surface area contributed by atoms with E-state index in [2.05, 4.69) is 10.5 Å². The number of carbonyl (C=O) groups is 1. The highest BCUT2D eigenvalue weighted by molar-refractivity contribution is 7.85. The number of benzene rings is 1. The lowest BCUT2D eigenvalue weighted by molar-refractivity contribution is 0.0919. The Hall–Kier alpha value is -1.95. The maximum absolute atomic E-state index is 11.9. The first-order valence-electron chi connectivity index (χ1n) is 5.82. The summed E-state index contributed by atoms with van der Waals surface area (Å²) in [4.78, 5) is 12.4. The molecule has 1 N–H and O–H groups in total. The summed E-state index contributed by atoms with van der Waals surface area (Å²) in [5.74, 6) is 0.191. The van der Waals surface area contributed by atoms with Crippen LogP contribution < -0.4 is 5.32 Å². The fourth-order valence-electron chi connectivity index (χ4n) is 1.51. The first-order chi connectivity index (χ1) is 9.16. The van der Waals surface area contributed by atoms with Gasteiger partial charge in [0.15, 0.2) is 0 Å². The third-order valence-corrected chi connectivity index (χ3v) is 3.80. The summed E-state index contributed by atoms with van der Waals surface area (Å²) in [7, 11) is -1.11. The number of nitrogens with zero attached hydrogens (tertiary/aromatic N) is 1. The van der Waals surface area contributed by atoms with E-state index in [0.29, 0.717) is 18.0 Å². The zero-order valence-electron chi connectivity index (χ0n) is 10.5. The van der Waals surface area contributed by atoms with Crippen molar-refractivity contribution in [1.29, 1.82) is 0 Å². The van der Waals surface area contributed by atoms with Gasteiger partial charge in [0.1, 0.15) is 0 Å². The highest BCUT2D eigenvalue weighted by Gasteiger charge is 2.11. The van der Waals surface area contributed by atoms with Crippen LogP contribution in [0.1, 0.15) is 16.2 Å². The molecule has 0 aliphatic rings. The van der Waals surface area contributed by atoms with Gasteiger partial charge in [-0.15, -0.1) is 0 Å². The molecular weight excluding hydrogens is 264 g/mol. The van der Waals surface area contributed by atoms with Crippen molar-refractivity contribution in [2.75, 3.05) is 12.3 Å². The van der Waals surface area contributed by atoms with Crippen molar-refractivity contribution in [2.24, 2.45) is 0 Å². The van der Waals surface area contributed by atoms with Crippen LogP contribution in [0.3, 0.4) is 0 Å². The zero-order chi connectivity index (χ0) is 13.7. The lowest BCUT2D eigenvalue weighted by Gasteiger charge is -2.03. The van der Waals surface area contributed by atoms with Crippen molar-refractivity contribution in [3.63, 3.8) is 0 Å². The molecule has 0 spiro atoms. The normalized spacial score (nSPS) is 12.1. The Labute approximate surface area is 113 Å². The van der Waals surface area contributed by atoms with Crippen LogP contribution >= 0.6 is 0 Å². The number of aromatic nitrogens is 1. The van der Waals surface area contributed by atoms with Gasteiger partial charge in [0.2, 0.25) is 5.76 Å². The average Bonchev–Trinajstić information content (AvgIpc) is 2.86. The predicted octanol–water partition coefficient (Wildman–Crippen LogP) is 1.52. The second-order valence-corrected chi connectivity index (χ2v) is 5.52. The minimum absolute atomic E-state index is 0.169. The van der Waals surface area contributed by atoms with Crippen LogP contribution in [0.2, 0.25) is 0 Å². The van der Waals surface area contributed by atoms with E-state index in [9.17, 15) is 9.00 Å². The van der Waals surface area contributed by atoms with Gasteiger partial charge in [0, 0.05) is 23.3 Å². The summed E-state index contributed by atoms with van der Waals surface area (Å²) in [6.45, 7) is 2.06. The van der Waals surface area contributed by atoms with Crippen molar-refractivity contribution in [1.82, 2.24) is 10.5 Å². The average molecular weight is 278 g/mol. The van der Waals surface area contributed by atoms with Crippen molar-refractivity contribution in [3.05, 3.63) is 47.9 Å². The van der Waals surface area contributed by atoms with E-state index < -0.39 is 10.8 Å². The largest absolute Gasteiger partial charge is 0.351 e. The number of amides is 1. The van der Waals surface area contributed by atoms with E-state index in [4.69, 9.17) is 4.52 Å². The number of hydrogen-bond donors (Lipinski definition) is 1. The van der Waals surface area contributed by atoms with E-state index in [-0.39, 0.29) is 11.7 Å². The van der Waals surface area contributed by atoms with E-state index in [1.165, 1.54) is 0 Å². The monoisotopic (exact) mass is 278 g/mol. The molecule has 5 nitrogen and oxygen atoms in total. The summed E-state index contributed by atoms with van der Waals surface area (Å²) in [6.07, 6.45) is 0. The van der Waals surface area contributed by atoms with Gasteiger partial charge in [0.05, 0.1) is 16.5 Å². The molecule has 0 bridgehead atoms. The van der Waals surface area contributed by atoms with Gasteiger partial charge < -0.3 is 9.84 Å². The predicted molar refractivity (Wildman–Crippen MR) is 71.3 cm³/mol. The Morgan fingerprint density at radius 2 is 2.11 bits per heavy atom. The van der Waals surface area contributed by atoms with Gasteiger partial charge in [0.25, 0.3) is 5.91 Å². The van der Waals surface area contributed by atoms with Crippen molar-refractivity contribution >= 4 is 16.7 Å². The van der Waals surface area contributed by atoms with Crippen molar-refractivity contribution < 1.29 is 13.5 Å². The third-order valence-electron chi connectivity index (χ3n) is 2.43. The van der Waals surface area contributed by atoms with E-state index >= 15 is 0 Å². The van der Waals surface area contributed by atoms with E-state index in [0.717, 1.165) is 4.90 Å². The molecule has 2 rings (SSSR count). The molecule has 0 aliphatic heterocycles. The van der Waals surface area contributed by atoms with E-state index in [1.807, 2.05) is 18.2 Å². The first-order valence-corrected chi connectivity index (χ1v) is 7.13. The second-order valence-electron chi connectivity index (χ2n) is 3.95. The van der Waals surface area contributed by atoms with Crippen LogP contribution in [0.5, 0.6) is 0 Å². The fraction of sp³-hybridized carbons (Fsp3) is 0.231. The van der Waals surface area contributed by atoms with Crippen LogP contribution in [-0.2, 0) is 10.8 Å². The minimum Gasteiger partial charge on any atom is -0.351 e. The second kappa shape index (κ2) is 6.29. The summed E-state index contributed by atoms with van der Waals surface area (Å²) >= 11 is 0. The SMILES string of the molecule is Cc1cc(C(=O)NCCS(=O)c2ccccc2)on1. The Bertz CT molecular complexity index is 581. The highest BCUT2D eigenvalue weighted by Crippen LogP contribution is 2.05. The number of aryl methyl sites for hydroxylation is 1. The molecule has 19 heavy (non-hydrogen) atoms. The van der Waals surface area contributed by atoms with Gasteiger partial charge in [-0.25, -0.2) is 0 Å². The molecule has 0 fully saturated rings. The molecule has 6 heteroatoms. The van der Waals surface area contributed by atoms with Gasteiger partial charge in [-0.1, -0.05) is 23.4 Å². The van der Waals surface area contributed by atoms with Gasteiger partial charge in [-0.3, -0.25) is 9.00 Å². The van der Waals surface area contributed by atoms with Crippen LogP contribution in [0.4, 0.5) is 0 Å². The first kappa shape index (κ1) is 13.5. The summed E-state index contributed by atoms with van der Waals surface area (Å²) in [6, 6.07) is 10.7. The van der Waals surface area contributed by atoms with Crippen LogP contribution in [0.15, 0.2) is 45.8 Å². The molecule has 0 aliphatic carbocycles. The lowest BCUT2D eigenvalue weighted by atomic mass is 10.4. The number of nitrogens with one attached hydrogen (secondary N) is 1. The molecule has 2 aromatic rings. The Kier molecular flexibility index (Phi) is 4.46. The Morgan fingerprint density at radius 1 is 1.37 bits per heavy atom. The van der Waals surface area contributed by atoms with Gasteiger partial charge >= 0.3 is 0 Å². The number of rotatable bonds is 5. The standard InChI is InChI=1S/C13H14N2O3S/c1-10-9-12(18-15-10)13(16)14-7-8-19(17)11-5-3-2-4-6-11/h2-6,9H,7-8H2,1H3,(H,14,16). The fourth-order valence-corrected chi connectivity index (χ4v) is 2.49. The van der Waals surface area contributed by atoms with Crippen molar-refractivity contribution in [2.45, 2.75) is 11.8 Å². The Morgan fingerprint density at radius 3 is 2.74 bits per heavy atom. The number of hydrogen-bond acceptors (Lipinski definition) is 4. The molecule has 1 unspecified atom stereocenters. The molecule has 1 amide bonds. The molecule has 1 atom stereocenters. The molecule has 100 valence electrons. The maximum Gasteiger partial charge on any atom is 0.289 e. The molecule has 0 radical (unpaired) electrons. The maximum atomic E-state index is 11.9.